The SMILES string of the molecule is CSc1nc(N2CCCCC2)c2cnn(CCNC(=O)Cc3c(F)cccc3Cl)c2n1. The predicted molar refractivity (Wildman–Crippen MR) is 121 cm³/mol. The number of benzene rings is 1. The third-order valence-electron chi connectivity index (χ3n) is 5.34. The summed E-state index contributed by atoms with van der Waals surface area (Å²) in [7, 11) is 0. The number of carbonyl (C=O) groups is 1. The maximum absolute atomic E-state index is 13.9. The van der Waals surface area contributed by atoms with Gasteiger partial charge in [0, 0.05) is 30.2 Å². The lowest BCUT2D eigenvalue weighted by Crippen LogP contribution is -2.30. The van der Waals surface area contributed by atoms with Gasteiger partial charge in [0.25, 0.3) is 0 Å². The molecule has 1 amide bonds. The number of amides is 1. The number of hydrogen-bond acceptors (Lipinski definition) is 6. The van der Waals surface area contributed by atoms with Gasteiger partial charge in [0.15, 0.2) is 10.8 Å². The van der Waals surface area contributed by atoms with Crippen molar-refractivity contribution in [3.05, 3.63) is 40.8 Å². The molecule has 3 aromatic rings. The average molecular weight is 463 g/mol. The zero-order chi connectivity index (χ0) is 21.8. The fraction of sp³-hybridized carbons (Fsp3) is 0.429. The van der Waals surface area contributed by atoms with Crippen LogP contribution in [0.4, 0.5) is 10.2 Å². The van der Waals surface area contributed by atoms with E-state index in [1.807, 2.05) is 6.26 Å². The van der Waals surface area contributed by atoms with Crippen LogP contribution in [-0.4, -0.2) is 51.5 Å². The number of halogens is 2. The van der Waals surface area contributed by atoms with E-state index in [-0.39, 0.29) is 22.9 Å². The maximum Gasteiger partial charge on any atom is 0.224 e. The van der Waals surface area contributed by atoms with Crippen LogP contribution in [0.3, 0.4) is 0 Å². The Morgan fingerprint density at radius 1 is 1.26 bits per heavy atom. The molecule has 0 bridgehead atoms. The molecule has 1 aliphatic rings. The topological polar surface area (TPSA) is 75.9 Å². The van der Waals surface area contributed by atoms with E-state index in [1.165, 1.54) is 30.3 Å². The molecule has 0 unspecified atom stereocenters. The van der Waals surface area contributed by atoms with E-state index in [1.54, 1.807) is 16.9 Å². The predicted octanol–water partition coefficient (Wildman–Crippen LogP) is 3.69. The van der Waals surface area contributed by atoms with Gasteiger partial charge in [-0.25, -0.2) is 19.0 Å². The van der Waals surface area contributed by atoms with E-state index in [0.717, 1.165) is 42.8 Å². The number of hydrogen-bond donors (Lipinski definition) is 1. The van der Waals surface area contributed by atoms with Crippen molar-refractivity contribution >= 4 is 46.1 Å². The van der Waals surface area contributed by atoms with Gasteiger partial charge in [0.1, 0.15) is 11.6 Å². The Labute approximate surface area is 189 Å². The van der Waals surface area contributed by atoms with Gasteiger partial charge in [-0.2, -0.15) is 5.10 Å². The van der Waals surface area contributed by atoms with Gasteiger partial charge >= 0.3 is 0 Å². The minimum absolute atomic E-state index is 0.108. The number of nitrogens with one attached hydrogen (secondary N) is 1. The Hall–Kier alpha value is -2.39. The molecule has 0 saturated carbocycles. The second-order valence-electron chi connectivity index (χ2n) is 7.41. The summed E-state index contributed by atoms with van der Waals surface area (Å²) >= 11 is 7.51. The van der Waals surface area contributed by atoms with Gasteiger partial charge in [-0.15, -0.1) is 0 Å². The Bertz CT molecular complexity index is 1060. The lowest BCUT2D eigenvalue weighted by atomic mass is 10.1. The summed E-state index contributed by atoms with van der Waals surface area (Å²) in [6.45, 7) is 2.77. The van der Waals surface area contributed by atoms with Crippen LogP contribution < -0.4 is 10.2 Å². The highest BCUT2D eigenvalue weighted by molar-refractivity contribution is 7.98. The van der Waals surface area contributed by atoms with E-state index >= 15 is 0 Å². The molecule has 7 nitrogen and oxygen atoms in total. The molecule has 1 aromatic carbocycles. The molecule has 2 aromatic heterocycles. The molecule has 3 heterocycles. The molecule has 1 N–H and O–H groups in total. The Morgan fingerprint density at radius 3 is 2.81 bits per heavy atom. The van der Waals surface area contributed by atoms with Crippen molar-refractivity contribution in [2.75, 3.05) is 30.8 Å². The highest BCUT2D eigenvalue weighted by Gasteiger charge is 2.20. The molecule has 164 valence electrons. The second-order valence-corrected chi connectivity index (χ2v) is 8.59. The van der Waals surface area contributed by atoms with E-state index < -0.39 is 5.82 Å². The quantitative estimate of drug-likeness (QED) is 0.426. The van der Waals surface area contributed by atoms with Crippen LogP contribution in [0.1, 0.15) is 24.8 Å². The normalized spacial score (nSPS) is 14.2. The number of fused-ring (bicyclic) bond motifs is 1. The van der Waals surface area contributed by atoms with Crippen LogP contribution in [0.25, 0.3) is 11.0 Å². The molecular weight excluding hydrogens is 439 g/mol. The number of thioether (sulfide) groups is 1. The van der Waals surface area contributed by atoms with Gasteiger partial charge in [-0.1, -0.05) is 29.4 Å². The summed E-state index contributed by atoms with van der Waals surface area (Å²) in [5.74, 6) is 0.155. The van der Waals surface area contributed by atoms with Crippen molar-refractivity contribution < 1.29 is 9.18 Å². The van der Waals surface area contributed by atoms with Crippen LogP contribution >= 0.6 is 23.4 Å². The number of anilines is 1. The minimum Gasteiger partial charge on any atom is -0.356 e. The molecule has 0 spiro atoms. The number of aromatic nitrogens is 4. The molecule has 31 heavy (non-hydrogen) atoms. The highest BCUT2D eigenvalue weighted by atomic mass is 35.5. The zero-order valence-electron chi connectivity index (χ0n) is 17.3. The largest absolute Gasteiger partial charge is 0.356 e. The highest BCUT2D eigenvalue weighted by Crippen LogP contribution is 2.28. The van der Waals surface area contributed by atoms with Crippen molar-refractivity contribution in [1.29, 1.82) is 0 Å². The Morgan fingerprint density at radius 2 is 2.06 bits per heavy atom. The summed E-state index contributed by atoms with van der Waals surface area (Å²) in [5.41, 5.74) is 0.959. The van der Waals surface area contributed by atoms with E-state index in [4.69, 9.17) is 16.6 Å². The standard InChI is InChI=1S/C21H24ClFN6OS/c1-31-21-26-19(28-9-3-2-4-10-28)15-13-25-29(20(15)27-21)11-8-24-18(30)12-14-16(22)6-5-7-17(14)23/h5-7,13H,2-4,8-12H2,1H3,(H,24,30). The van der Waals surface area contributed by atoms with Gasteiger partial charge in [0.05, 0.1) is 24.5 Å². The van der Waals surface area contributed by atoms with Crippen molar-refractivity contribution in [3.8, 4) is 0 Å². The summed E-state index contributed by atoms with van der Waals surface area (Å²) in [4.78, 5) is 24.0. The molecule has 4 rings (SSSR count). The third-order valence-corrected chi connectivity index (χ3v) is 6.24. The monoisotopic (exact) mass is 462 g/mol. The molecule has 1 aliphatic heterocycles. The van der Waals surface area contributed by atoms with Crippen molar-refractivity contribution in [2.45, 2.75) is 37.4 Å². The summed E-state index contributed by atoms with van der Waals surface area (Å²) in [5, 5.41) is 9.16. The molecule has 1 saturated heterocycles. The van der Waals surface area contributed by atoms with Crippen LogP contribution in [0.5, 0.6) is 0 Å². The van der Waals surface area contributed by atoms with E-state index in [9.17, 15) is 9.18 Å². The van der Waals surface area contributed by atoms with Crippen molar-refractivity contribution in [3.63, 3.8) is 0 Å². The first kappa shape index (κ1) is 21.8. The van der Waals surface area contributed by atoms with Crippen LogP contribution in [0, 0.1) is 5.82 Å². The second kappa shape index (κ2) is 9.82. The number of piperidine rings is 1. The summed E-state index contributed by atoms with van der Waals surface area (Å²) in [6, 6.07) is 4.39. The molecule has 0 atom stereocenters. The van der Waals surface area contributed by atoms with E-state index in [2.05, 4.69) is 20.3 Å². The van der Waals surface area contributed by atoms with Crippen LogP contribution in [-0.2, 0) is 17.8 Å². The molecular formula is C21H24ClFN6OS. The van der Waals surface area contributed by atoms with Gasteiger partial charge < -0.3 is 10.2 Å². The van der Waals surface area contributed by atoms with Crippen molar-refractivity contribution in [1.82, 2.24) is 25.1 Å². The first-order chi connectivity index (χ1) is 15.1. The van der Waals surface area contributed by atoms with E-state index in [0.29, 0.717) is 18.2 Å². The Kier molecular flexibility index (Phi) is 6.92. The molecule has 10 heteroatoms. The fourth-order valence-electron chi connectivity index (χ4n) is 3.75. The fourth-order valence-corrected chi connectivity index (χ4v) is 4.33. The zero-order valence-corrected chi connectivity index (χ0v) is 18.8. The average Bonchev–Trinajstić information content (AvgIpc) is 3.19. The summed E-state index contributed by atoms with van der Waals surface area (Å²) < 4.78 is 15.7. The molecule has 0 radical (unpaired) electrons. The number of nitrogens with zero attached hydrogens (tertiary/aromatic N) is 5. The number of rotatable bonds is 7. The first-order valence-corrected chi connectivity index (χ1v) is 11.9. The first-order valence-electron chi connectivity index (χ1n) is 10.3. The van der Waals surface area contributed by atoms with Gasteiger partial charge in [-0.05, 0) is 37.7 Å². The van der Waals surface area contributed by atoms with Crippen molar-refractivity contribution in [2.24, 2.45) is 0 Å². The summed E-state index contributed by atoms with van der Waals surface area (Å²) in [6.07, 6.45) is 7.21. The Balaban J connectivity index is 1.45. The lowest BCUT2D eigenvalue weighted by molar-refractivity contribution is -0.120. The van der Waals surface area contributed by atoms with Crippen LogP contribution in [0.15, 0.2) is 29.6 Å². The minimum atomic E-state index is -0.479. The van der Waals surface area contributed by atoms with Gasteiger partial charge in [-0.3, -0.25) is 4.79 Å². The smallest absolute Gasteiger partial charge is 0.224 e. The third kappa shape index (κ3) is 4.93. The number of carbonyl (C=O) groups excluding carboxylic acids is 1. The maximum atomic E-state index is 13.9. The lowest BCUT2D eigenvalue weighted by Gasteiger charge is -2.28. The molecule has 1 fully saturated rings. The molecule has 0 aliphatic carbocycles. The van der Waals surface area contributed by atoms with Gasteiger partial charge in [0.2, 0.25) is 5.91 Å². The van der Waals surface area contributed by atoms with Crippen LogP contribution in [0.2, 0.25) is 5.02 Å².